The molecule has 0 bridgehead atoms. The van der Waals surface area contributed by atoms with Crippen molar-refractivity contribution < 1.29 is 42.2 Å². The van der Waals surface area contributed by atoms with Crippen LogP contribution in [0.2, 0.25) is 0 Å². The first-order valence-electron chi connectivity index (χ1n) is 15.3. The van der Waals surface area contributed by atoms with Gasteiger partial charge >= 0.3 is 6.09 Å². The van der Waals surface area contributed by atoms with Crippen LogP contribution in [0.4, 0.5) is 29.9 Å². The van der Waals surface area contributed by atoms with Crippen molar-refractivity contribution in [1.82, 2.24) is 19.8 Å². The Balaban J connectivity index is 1.31. The third-order valence-corrected chi connectivity index (χ3v) is 8.86. The zero-order chi connectivity index (χ0) is 35.9. The van der Waals surface area contributed by atoms with Crippen molar-refractivity contribution in [3.63, 3.8) is 0 Å². The molecule has 12 nitrogen and oxygen atoms in total. The number of ether oxygens (including phenoxy) is 3. The number of halogens is 2. The molecule has 50 heavy (non-hydrogen) atoms. The van der Waals surface area contributed by atoms with Crippen LogP contribution in [0, 0.1) is 11.6 Å². The van der Waals surface area contributed by atoms with Gasteiger partial charge in [0.05, 0.1) is 38.6 Å². The normalized spacial score (nSPS) is 15.7. The minimum absolute atomic E-state index is 0.00666. The van der Waals surface area contributed by atoms with Crippen molar-refractivity contribution in [1.29, 1.82) is 0 Å². The van der Waals surface area contributed by atoms with Crippen molar-refractivity contribution in [2.45, 2.75) is 44.7 Å². The van der Waals surface area contributed by atoms with Crippen LogP contribution in [0.1, 0.15) is 53.2 Å². The lowest BCUT2D eigenvalue weighted by molar-refractivity contribution is -0.126. The molecule has 4 amide bonds. The van der Waals surface area contributed by atoms with E-state index in [-0.39, 0.29) is 36.0 Å². The number of anilines is 2. The first-order valence-corrected chi connectivity index (χ1v) is 16.2. The van der Waals surface area contributed by atoms with Gasteiger partial charge in [-0.15, -0.1) is 0 Å². The summed E-state index contributed by atoms with van der Waals surface area (Å²) >= 11 is 0.682. The highest BCUT2D eigenvalue weighted by molar-refractivity contribution is 8.15. The number of hydrogen-bond donors (Lipinski definition) is 1. The number of methoxy groups -OCH3 is 2. The largest absolute Gasteiger partial charge is 0.497 e. The van der Waals surface area contributed by atoms with Crippen molar-refractivity contribution in [3.8, 4) is 22.9 Å². The van der Waals surface area contributed by atoms with Crippen LogP contribution in [0.3, 0.4) is 0 Å². The topological polar surface area (TPSA) is 140 Å². The molecule has 1 unspecified atom stereocenters. The zero-order valence-electron chi connectivity index (χ0n) is 27.6. The van der Waals surface area contributed by atoms with Crippen LogP contribution < -0.4 is 14.8 Å². The molecule has 0 saturated carbocycles. The van der Waals surface area contributed by atoms with Gasteiger partial charge in [0.25, 0.3) is 17.1 Å². The van der Waals surface area contributed by atoms with E-state index in [0.717, 1.165) is 12.1 Å². The number of thioether (sulfide) groups is 1. The number of carbonyl (C=O) groups excluding carboxylic acids is 4. The average Bonchev–Trinajstić information content (AvgIpc) is 3.54. The summed E-state index contributed by atoms with van der Waals surface area (Å²) in [6.45, 7) is 5.02. The van der Waals surface area contributed by atoms with Crippen molar-refractivity contribution in [3.05, 3.63) is 94.7 Å². The minimum Gasteiger partial charge on any atom is -0.497 e. The summed E-state index contributed by atoms with van der Waals surface area (Å²) < 4.78 is 45.8. The summed E-state index contributed by atoms with van der Waals surface area (Å²) in [5.74, 6) is -2.09. The molecule has 3 aromatic carbocycles. The second kappa shape index (κ2) is 13.4. The molecule has 1 saturated heterocycles. The van der Waals surface area contributed by atoms with Gasteiger partial charge in [-0.3, -0.25) is 14.4 Å². The molecule has 2 aliphatic rings. The van der Waals surface area contributed by atoms with Gasteiger partial charge in [0, 0.05) is 17.3 Å². The van der Waals surface area contributed by atoms with E-state index < -0.39 is 51.2 Å². The van der Waals surface area contributed by atoms with Gasteiger partial charge in [-0.25, -0.2) is 23.5 Å². The number of hydrogen-bond acceptors (Lipinski definition) is 11. The molecule has 1 fully saturated rings. The number of rotatable bonds is 8. The van der Waals surface area contributed by atoms with Gasteiger partial charge in [0.15, 0.2) is 5.82 Å². The Morgan fingerprint density at radius 1 is 0.960 bits per heavy atom. The Morgan fingerprint density at radius 3 is 2.30 bits per heavy atom. The number of nitrogens with zero attached hydrogens (tertiary/aromatic N) is 4. The van der Waals surface area contributed by atoms with Gasteiger partial charge in [-0.2, -0.15) is 4.90 Å². The highest BCUT2D eigenvalue weighted by Gasteiger charge is 2.46. The summed E-state index contributed by atoms with van der Waals surface area (Å²) in [6.07, 6.45) is -1.05. The maximum absolute atomic E-state index is 14.9. The first-order chi connectivity index (χ1) is 23.8. The fourth-order valence-electron chi connectivity index (χ4n) is 5.46. The van der Waals surface area contributed by atoms with Crippen molar-refractivity contribution >= 4 is 46.4 Å². The highest BCUT2D eigenvalue weighted by atomic mass is 32.2. The van der Waals surface area contributed by atoms with Gasteiger partial charge in [-0.05, 0) is 74.5 Å². The Hall–Kier alpha value is -5.57. The molecule has 15 heteroatoms. The van der Waals surface area contributed by atoms with Crippen LogP contribution in [0.25, 0.3) is 11.4 Å². The molecule has 4 aromatic rings. The SMILES string of the molecule is COc1ccc(CN2Cc3nc(-c4c(F)cccc4F)nc(Nc4ccc(C5SC(=O)N(C(=O)OC(C)(C)C)C5=O)cc4)c3C2=O)c(OC)c1. The molecule has 2 aliphatic heterocycles. The monoisotopic (exact) mass is 703 g/mol. The third kappa shape index (κ3) is 6.68. The molecular weight excluding hydrogens is 672 g/mol. The lowest BCUT2D eigenvalue weighted by Crippen LogP contribution is -2.40. The van der Waals surface area contributed by atoms with E-state index >= 15 is 0 Å². The fourth-order valence-corrected chi connectivity index (χ4v) is 6.43. The fraction of sp³-hybridized carbons (Fsp3) is 0.257. The predicted molar refractivity (Wildman–Crippen MR) is 179 cm³/mol. The summed E-state index contributed by atoms with van der Waals surface area (Å²) in [5, 5.41) is 1.32. The van der Waals surface area contributed by atoms with Gasteiger partial charge in [-0.1, -0.05) is 18.2 Å². The van der Waals surface area contributed by atoms with E-state index in [0.29, 0.717) is 45.0 Å². The summed E-state index contributed by atoms with van der Waals surface area (Å²) in [5.41, 5.74) is 0.535. The van der Waals surface area contributed by atoms with Crippen LogP contribution in [0.15, 0.2) is 60.7 Å². The zero-order valence-corrected chi connectivity index (χ0v) is 28.4. The molecule has 258 valence electrons. The van der Waals surface area contributed by atoms with Crippen molar-refractivity contribution in [2.75, 3.05) is 19.5 Å². The molecule has 1 atom stereocenters. The number of nitrogens with one attached hydrogen (secondary N) is 1. The van der Waals surface area contributed by atoms with Crippen LogP contribution >= 0.6 is 11.8 Å². The second-order valence-corrected chi connectivity index (χ2v) is 13.4. The molecule has 1 N–H and O–H groups in total. The average molecular weight is 704 g/mol. The van der Waals surface area contributed by atoms with E-state index in [1.54, 1.807) is 63.2 Å². The lowest BCUT2D eigenvalue weighted by Gasteiger charge is -2.22. The Labute approximate surface area is 289 Å². The first kappa shape index (κ1) is 34.3. The molecule has 0 spiro atoms. The number of benzene rings is 3. The Bertz CT molecular complexity index is 2020. The summed E-state index contributed by atoms with van der Waals surface area (Å²) in [7, 11) is 3.03. The quantitative estimate of drug-likeness (QED) is 0.203. The third-order valence-electron chi connectivity index (χ3n) is 7.77. The van der Waals surface area contributed by atoms with Gasteiger partial charge in [0.2, 0.25) is 0 Å². The minimum atomic E-state index is -1.05. The lowest BCUT2D eigenvalue weighted by atomic mass is 10.1. The van der Waals surface area contributed by atoms with Crippen molar-refractivity contribution in [2.24, 2.45) is 0 Å². The van der Waals surface area contributed by atoms with Crippen LogP contribution in [-0.2, 0) is 22.6 Å². The predicted octanol–water partition coefficient (Wildman–Crippen LogP) is 7.01. The Morgan fingerprint density at radius 2 is 1.66 bits per heavy atom. The number of imide groups is 3. The highest BCUT2D eigenvalue weighted by Crippen LogP contribution is 2.41. The van der Waals surface area contributed by atoms with E-state index in [2.05, 4.69) is 15.3 Å². The van der Waals surface area contributed by atoms with Gasteiger partial charge < -0.3 is 24.4 Å². The molecule has 3 heterocycles. The molecule has 6 rings (SSSR count). The Kier molecular flexibility index (Phi) is 9.18. The van der Waals surface area contributed by atoms with E-state index in [4.69, 9.17) is 14.2 Å². The molecule has 0 aliphatic carbocycles. The summed E-state index contributed by atoms with van der Waals surface area (Å²) in [6, 6.07) is 14.9. The van der Waals surface area contributed by atoms with Crippen LogP contribution in [0.5, 0.6) is 11.5 Å². The molecular formula is C35H31F2N5O7S. The molecule has 0 radical (unpaired) electrons. The van der Waals surface area contributed by atoms with Gasteiger partial charge in [0.1, 0.15) is 45.4 Å². The smallest absolute Gasteiger partial charge is 0.424 e. The second-order valence-electron chi connectivity index (χ2n) is 12.3. The van der Waals surface area contributed by atoms with E-state index in [1.807, 2.05) is 0 Å². The number of fused-ring (bicyclic) bond motifs is 1. The molecule has 1 aromatic heterocycles. The number of carbonyl (C=O) groups is 4. The summed E-state index contributed by atoms with van der Waals surface area (Å²) in [4.78, 5) is 62.9. The standard InChI is InChI=1S/C35H31F2N5O7S/c1-35(2,3)49-33(45)42-32(44)28(50-34(42)46)18-9-12-20(13-10-18)38-30-27-24(39-29(40-30)26-22(36)7-6-8-23(26)37)17-41(31(27)43)16-19-11-14-21(47-4)15-25(19)48-5/h6-15,28H,16-17H2,1-5H3,(H,38,39,40). The van der Waals surface area contributed by atoms with E-state index in [9.17, 15) is 28.0 Å². The maximum atomic E-state index is 14.9. The van der Waals surface area contributed by atoms with E-state index in [1.165, 1.54) is 25.2 Å². The maximum Gasteiger partial charge on any atom is 0.424 e. The number of amides is 4. The van der Waals surface area contributed by atoms with Crippen LogP contribution in [-0.4, -0.2) is 62.7 Å². The number of aromatic nitrogens is 2.